The van der Waals surface area contributed by atoms with Crippen molar-refractivity contribution < 1.29 is 24.1 Å². The lowest BCUT2D eigenvalue weighted by Gasteiger charge is -2.15. The van der Waals surface area contributed by atoms with Crippen LogP contribution in [0, 0.1) is 13.8 Å². The van der Waals surface area contributed by atoms with Crippen molar-refractivity contribution in [3.8, 4) is 11.5 Å². The highest BCUT2D eigenvalue weighted by atomic mass is 16.7. The summed E-state index contributed by atoms with van der Waals surface area (Å²) in [4.78, 5) is 11.3. The van der Waals surface area contributed by atoms with Gasteiger partial charge in [-0.3, -0.25) is 0 Å². The maximum Gasteiger partial charge on any atom is 0.339 e. The number of benzene rings is 1. The quantitative estimate of drug-likeness (QED) is 0.785. The monoisotopic (exact) mass is 238 g/mol. The molecule has 0 saturated carbocycles. The average Bonchev–Trinajstić information content (AvgIpc) is 2.80. The van der Waals surface area contributed by atoms with Gasteiger partial charge in [0.15, 0.2) is 17.6 Å². The number of aliphatic hydroxyl groups excluding tert-OH is 1. The molecule has 5 nitrogen and oxygen atoms in total. The number of fused-ring (bicyclic) bond motifs is 1. The largest absolute Gasteiger partial charge is 0.467 e. The average molecular weight is 238 g/mol. The topological polar surface area (TPSA) is 65.0 Å². The van der Waals surface area contributed by atoms with Crippen LogP contribution in [0.1, 0.15) is 22.8 Å². The third-order valence-corrected chi connectivity index (χ3v) is 2.98. The van der Waals surface area contributed by atoms with Crippen molar-refractivity contribution in [2.75, 3.05) is 13.9 Å². The highest BCUT2D eigenvalue weighted by molar-refractivity contribution is 5.77. The van der Waals surface area contributed by atoms with Gasteiger partial charge in [0.05, 0.1) is 7.11 Å². The van der Waals surface area contributed by atoms with Gasteiger partial charge >= 0.3 is 5.97 Å². The minimum absolute atomic E-state index is 0.160. The van der Waals surface area contributed by atoms with Gasteiger partial charge in [-0.2, -0.15) is 0 Å². The first-order valence-electron chi connectivity index (χ1n) is 5.21. The summed E-state index contributed by atoms with van der Waals surface area (Å²) in [7, 11) is 1.24. The van der Waals surface area contributed by atoms with Gasteiger partial charge in [0.2, 0.25) is 6.79 Å². The molecule has 1 unspecified atom stereocenters. The van der Waals surface area contributed by atoms with Crippen LogP contribution < -0.4 is 9.47 Å². The number of methoxy groups -OCH3 is 1. The number of aliphatic hydroxyl groups is 1. The molecule has 0 spiro atoms. The molecule has 0 saturated heterocycles. The van der Waals surface area contributed by atoms with Crippen molar-refractivity contribution >= 4 is 5.97 Å². The van der Waals surface area contributed by atoms with Crippen molar-refractivity contribution in [3.05, 3.63) is 22.8 Å². The van der Waals surface area contributed by atoms with Gasteiger partial charge < -0.3 is 19.3 Å². The van der Waals surface area contributed by atoms with E-state index >= 15 is 0 Å². The van der Waals surface area contributed by atoms with Crippen molar-refractivity contribution in [3.63, 3.8) is 0 Å². The number of carbonyl (C=O) groups excluding carboxylic acids is 1. The molecule has 1 atom stereocenters. The van der Waals surface area contributed by atoms with Crippen molar-refractivity contribution in [1.29, 1.82) is 0 Å². The molecule has 1 heterocycles. The second-order valence-electron chi connectivity index (χ2n) is 3.88. The second kappa shape index (κ2) is 4.25. The first-order chi connectivity index (χ1) is 8.06. The molecular weight excluding hydrogens is 224 g/mol. The fraction of sp³-hybridized carbons (Fsp3) is 0.417. The summed E-state index contributed by atoms with van der Waals surface area (Å²) in [5, 5.41) is 9.85. The van der Waals surface area contributed by atoms with Crippen molar-refractivity contribution in [2.24, 2.45) is 0 Å². The van der Waals surface area contributed by atoms with Crippen LogP contribution in [0.15, 0.2) is 6.07 Å². The Labute approximate surface area is 98.9 Å². The van der Waals surface area contributed by atoms with E-state index in [1.165, 1.54) is 7.11 Å². The number of carbonyl (C=O) groups is 1. The zero-order valence-electron chi connectivity index (χ0n) is 9.94. The van der Waals surface area contributed by atoms with Gasteiger partial charge in [-0.1, -0.05) is 0 Å². The summed E-state index contributed by atoms with van der Waals surface area (Å²) < 4.78 is 15.1. The van der Waals surface area contributed by atoms with E-state index in [1.807, 2.05) is 13.8 Å². The molecule has 1 N–H and O–H groups in total. The van der Waals surface area contributed by atoms with Gasteiger partial charge in [0.1, 0.15) is 0 Å². The van der Waals surface area contributed by atoms with E-state index in [1.54, 1.807) is 6.07 Å². The molecule has 0 bridgehead atoms. The predicted octanol–water partition coefficient (Wildman–Crippen LogP) is 1.24. The van der Waals surface area contributed by atoms with Gasteiger partial charge in [-0.05, 0) is 36.6 Å². The minimum Gasteiger partial charge on any atom is -0.467 e. The van der Waals surface area contributed by atoms with Gasteiger partial charge in [0.25, 0.3) is 0 Å². The number of rotatable bonds is 2. The van der Waals surface area contributed by atoms with E-state index in [4.69, 9.17) is 9.47 Å². The Morgan fingerprint density at radius 3 is 2.76 bits per heavy atom. The number of esters is 1. The Bertz CT molecular complexity index is 466. The Morgan fingerprint density at radius 2 is 2.12 bits per heavy atom. The van der Waals surface area contributed by atoms with E-state index in [2.05, 4.69) is 4.74 Å². The Morgan fingerprint density at radius 1 is 1.41 bits per heavy atom. The fourth-order valence-corrected chi connectivity index (χ4v) is 1.85. The smallest absolute Gasteiger partial charge is 0.339 e. The lowest BCUT2D eigenvalue weighted by Crippen LogP contribution is -2.15. The maximum absolute atomic E-state index is 11.3. The molecular formula is C12H14O5. The number of ether oxygens (including phenoxy) is 3. The molecule has 1 aliphatic heterocycles. The van der Waals surface area contributed by atoms with Crippen LogP contribution >= 0.6 is 0 Å². The van der Waals surface area contributed by atoms with Crippen LogP contribution in [0.25, 0.3) is 0 Å². The highest BCUT2D eigenvalue weighted by Crippen LogP contribution is 2.40. The summed E-state index contributed by atoms with van der Waals surface area (Å²) in [6, 6.07) is 1.62. The summed E-state index contributed by atoms with van der Waals surface area (Å²) in [5.74, 6) is 0.528. The second-order valence-corrected chi connectivity index (χ2v) is 3.88. The Balaban J connectivity index is 2.49. The summed E-state index contributed by atoms with van der Waals surface area (Å²) >= 11 is 0. The van der Waals surface area contributed by atoms with Crippen LogP contribution in [-0.4, -0.2) is 25.0 Å². The van der Waals surface area contributed by atoms with E-state index in [0.717, 1.165) is 11.1 Å². The molecule has 0 fully saturated rings. The summed E-state index contributed by atoms with van der Waals surface area (Å²) in [5.41, 5.74) is 2.14. The van der Waals surface area contributed by atoms with Gasteiger partial charge in [-0.15, -0.1) is 0 Å². The third-order valence-electron chi connectivity index (χ3n) is 2.98. The Hall–Kier alpha value is -1.75. The van der Waals surface area contributed by atoms with Gasteiger partial charge in [-0.25, -0.2) is 4.79 Å². The molecule has 1 aliphatic rings. The van der Waals surface area contributed by atoms with E-state index < -0.39 is 12.1 Å². The molecule has 1 aromatic carbocycles. The highest BCUT2D eigenvalue weighted by Gasteiger charge is 2.26. The molecule has 17 heavy (non-hydrogen) atoms. The summed E-state index contributed by atoms with van der Waals surface area (Å²) in [6.45, 7) is 3.84. The normalized spacial score (nSPS) is 14.6. The molecule has 2 rings (SSSR count). The maximum atomic E-state index is 11.3. The van der Waals surface area contributed by atoms with Gasteiger partial charge in [0, 0.05) is 0 Å². The third kappa shape index (κ3) is 1.82. The first-order valence-corrected chi connectivity index (χ1v) is 5.21. The molecule has 0 aromatic heterocycles. The Kier molecular flexibility index (Phi) is 2.93. The lowest BCUT2D eigenvalue weighted by molar-refractivity contribution is -0.150. The van der Waals surface area contributed by atoms with E-state index in [9.17, 15) is 9.90 Å². The SMILES string of the molecule is COC(=O)C(O)c1cc2c(c(C)c1C)OCO2. The van der Waals surface area contributed by atoms with Crippen molar-refractivity contribution in [2.45, 2.75) is 20.0 Å². The lowest BCUT2D eigenvalue weighted by atomic mass is 9.97. The standard InChI is InChI=1S/C12H14O5/c1-6-7(2)11-9(16-5-17-11)4-8(6)10(13)12(14)15-3/h4,10,13H,5H2,1-3H3. The number of hydrogen-bond acceptors (Lipinski definition) is 5. The van der Waals surface area contributed by atoms with E-state index in [-0.39, 0.29) is 6.79 Å². The summed E-state index contributed by atoms with van der Waals surface area (Å²) in [6.07, 6.45) is -1.30. The van der Waals surface area contributed by atoms with Crippen LogP contribution in [-0.2, 0) is 9.53 Å². The minimum atomic E-state index is -1.30. The number of hydrogen-bond donors (Lipinski definition) is 1. The molecule has 5 heteroatoms. The van der Waals surface area contributed by atoms with Crippen LogP contribution in [0.5, 0.6) is 11.5 Å². The molecule has 0 radical (unpaired) electrons. The molecule has 0 amide bonds. The predicted molar refractivity (Wildman–Crippen MR) is 59.0 cm³/mol. The van der Waals surface area contributed by atoms with Crippen molar-refractivity contribution in [1.82, 2.24) is 0 Å². The zero-order valence-corrected chi connectivity index (χ0v) is 9.94. The van der Waals surface area contributed by atoms with Crippen LogP contribution in [0.3, 0.4) is 0 Å². The first kappa shape index (κ1) is 11.7. The van der Waals surface area contributed by atoms with Crippen LogP contribution in [0.4, 0.5) is 0 Å². The molecule has 1 aromatic rings. The molecule has 0 aliphatic carbocycles. The molecule has 92 valence electrons. The van der Waals surface area contributed by atoms with E-state index in [0.29, 0.717) is 17.1 Å². The fourth-order valence-electron chi connectivity index (χ4n) is 1.85. The van der Waals surface area contributed by atoms with Crippen LogP contribution in [0.2, 0.25) is 0 Å². The zero-order chi connectivity index (χ0) is 12.6.